The van der Waals surface area contributed by atoms with Crippen LogP contribution in [0, 0.1) is 0 Å². The Labute approximate surface area is 164 Å². The van der Waals surface area contributed by atoms with Crippen molar-refractivity contribution < 1.29 is 31.6 Å². The Morgan fingerprint density at radius 1 is 1.04 bits per heavy atom. The molecule has 0 amide bonds. The molecule has 0 aliphatic carbocycles. The molecule has 138 valence electrons. The van der Waals surface area contributed by atoms with Crippen LogP contribution in [-0.4, -0.2) is 18.2 Å². The van der Waals surface area contributed by atoms with Crippen LogP contribution in [0.25, 0.3) is 12.2 Å². The molecule has 0 fully saturated rings. The van der Waals surface area contributed by atoms with E-state index in [0.29, 0.717) is 12.1 Å². The van der Waals surface area contributed by atoms with Crippen LogP contribution >= 0.6 is 0 Å². The van der Waals surface area contributed by atoms with Crippen molar-refractivity contribution in [3.05, 3.63) is 95.3 Å². The third kappa shape index (κ3) is 5.43. The summed E-state index contributed by atoms with van der Waals surface area (Å²) in [6.45, 7) is 0.597. The summed E-state index contributed by atoms with van der Waals surface area (Å²) in [5, 5.41) is 9.15. The van der Waals surface area contributed by atoms with Crippen LogP contribution in [-0.2, 0) is 6.54 Å². The maximum Gasteiger partial charge on any atom is 0.335 e. The van der Waals surface area contributed by atoms with Crippen LogP contribution in [0.15, 0.2) is 72.9 Å². The lowest BCUT2D eigenvalue weighted by molar-refractivity contribution is -0.690. The highest BCUT2D eigenvalue weighted by Gasteiger charge is 2.10. The zero-order valence-corrected chi connectivity index (χ0v) is 15.6. The molecule has 1 heterocycles. The number of methoxy groups -OCH3 is 1. The average Bonchev–Trinajstić information content (AvgIpc) is 2.67. The van der Waals surface area contributed by atoms with Gasteiger partial charge in [-0.2, -0.15) is 4.57 Å². The first-order valence-electron chi connectivity index (χ1n) is 8.28. The van der Waals surface area contributed by atoms with Gasteiger partial charge in [0.2, 0.25) is 5.69 Å². The normalized spacial score (nSPS) is 10.4. The number of halogens is 1. The Morgan fingerprint density at radius 3 is 2.63 bits per heavy atom. The fraction of sp³-hybridized carbons (Fsp3) is 0.0909. The van der Waals surface area contributed by atoms with Crippen molar-refractivity contribution in [1.29, 1.82) is 0 Å². The molecule has 0 aliphatic heterocycles. The molecule has 1 N–H and O–H groups in total. The van der Waals surface area contributed by atoms with Crippen molar-refractivity contribution in [2.45, 2.75) is 6.54 Å². The third-order valence-electron chi connectivity index (χ3n) is 4.04. The number of pyridine rings is 1. The minimum absolute atomic E-state index is 0. The summed E-state index contributed by atoms with van der Waals surface area (Å²) in [5.74, 6) is -0.0957. The number of aromatic carboxylic acids is 1. The molecule has 0 bridgehead atoms. The number of ether oxygens (including phenoxy) is 1. The van der Waals surface area contributed by atoms with Gasteiger partial charge in [-0.25, -0.2) is 4.79 Å². The maximum atomic E-state index is 11.2. The molecule has 0 radical (unpaired) electrons. The summed E-state index contributed by atoms with van der Waals surface area (Å²) in [6.07, 6.45) is 6.05. The molecule has 0 aliphatic rings. The predicted molar refractivity (Wildman–Crippen MR) is 101 cm³/mol. The first-order chi connectivity index (χ1) is 12.7. The molecule has 1 aromatic heterocycles. The maximum absolute atomic E-state index is 11.2. The summed E-state index contributed by atoms with van der Waals surface area (Å²) in [6, 6.07) is 20.8. The number of hydrogen-bond acceptors (Lipinski definition) is 2. The number of aromatic nitrogens is 1. The molecule has 27 heavy (non-hydrogen) atoms. The Kier molecular flexibility index (Phi) is 7.15. The van der Waals surface area contributed by atoms with Crippen LogP contribution < -0.4 is 21.7 Å². The van der Waals surface area contributed by atoms with E-state index in [4.69, 9.17) is 9.84 Å². The molecule has 0 atom stereocenters. The lowest BCUT2D eigenvalue weighted by Crippen LogP contribution is -3.00. The predicted octanol–water partition coefficient (Wildman–Crippen LogP) is 0.904. The van der Waals surface area contributed by atoms with Crippen molar-refractivity contribution >= 4 is 18.1 Å². The number of rotatable bonds is 6. The van der Waals surface area contributed by atoms with Crippen molar-refractivity contribution in [2.75, 3.05) is 7.11 Å². The van der Waals surface area contributed by atoms with Crippen molar-refractivity contribution in [3.63, 3.8) is 0 Å². The number of carbonyl (C=O) groups is 1. The van der Waals surface area contributed by atoms with E-state index < -0.39 is 5.97 Å². The smallest absolute Gasteiger partial charge is 0.335 e. The van der Waals surface area contributed by atoms with Crippen LogP contribution in [0.4, 0.5) is 0 Å². The molecule has 0 saturated heterocycles. The van der Waals surface area contributed by atoms with Crippen molar-refractivity contribution in [2.24, 2.45) is 0 Å². The molecule has 0 saturated carbocycles. The van der Waals surface area contributed by atoms with Crippen LogP contribution in [0.1, 0.15) is 27.2 Å². The van der Waals surface area contributed by atoms with Crippen LogP contribution in [0.2, 0.25) is 0 Å². The first-order valence-corrected chi connectivity index (χ1v) is 8.28. The molecule has 3 rings (SSSR count). The fourth-order valence-corrected chi connectivity index (χ4v) is 2.71. The monoisotopic (exact) mass is 381 g/mol. The van der Waals surface area contributed by atoms with Crippen LogP contribution in [0.5, 0.6) is 5.75 Å². The zero-order chi connectivity index (χ0) is 18.4. The summed E-state index contributed by atoms with van der Waals surface area (Å²) in [7, 11) is 1.65. The Morgan fingerprint density at radius 2 is 1.85 bits per heavy atom. The van der Waals surface area contributed by atoms with Crippen molar-refractivity contribution in [3.8, 4) is 5.75 Å². The lowest BCUT2D eigenvalue weighted by Gasteiger charge is -2.03. The minimum atomic E-state index is -0.914. The SMILES string of the molecule is COc1cccc(/C=C/c2cccc[n+]2Cc2cccc(C(=O)O)c2)c1.[Cl-]. The molecule has 2 aromatic carbocycles. The fourth-order valence-electron chi connectivity index (χ4n) is 2.71. The molecule has 0 unspecified atom stereocenters. The number of carboxylic acid groups (broad SMARTS) is 1. The van der Waals surface area contributed by atoms with Crippen molar-refractivity contribution in [1.82, 2.24) is 0 Å². The van der Waals surface area contributed by atoms with Gasteiger partial charge in [0.1, 0.15) is 5.75 Å². The summed E-state index contributed by atoms with van der Waals surface area (Å²) in [4.78, 5) is 11.2. The quantitative estimate of drug-likeness (QED) is 0.646. The highest BCUT2D eigenvalue weighted by Crippen LogP contribution is 2.14. The molecular formula is C22H20ClNO3. The van der Waals surface area contributed by atoms with Gasteiger partial charge in [0.15, 0.2) is 12.7 Å². The molecule has 4 nitrogen and oxygen atoms in total. The second kappa shape index (κ2) is 9.55. The molecule has 3 aromatic rings. The topological polar surface area (TPSA) is 50.4 Å². The summed E-state index contributed by atoms with van der Waals surface area (Å²) >= 11 is 0. The zero-order valence-electron chi connectivity index (χ0n) is 14.9. The van der Waals surface area contributed by atoms with E-state index in [-0.39, 0.29) is 12.4 Å². The number of benzene rings is 2. The van der Waals surface area contributed by atoms with E-state index in [2.05, 4.69) is 4.57 Å². The average molecular weight is 382 g/mol. The van der Waals surface area contributed by atoms with Gasteiger partial charge >= 0.3 is 5.97 Å². The lowest BCUT2D eigenvalue weighted by atomic mass is 10.1. The van der Waals surface area contributed by atoms with E-state index >= 15 is 0 Å². The second-order valence-corrected chi connectivity index (χ2v) is 5.87. The largest absolute Gasteiger partial charge is 1.00 e. The van der Waals surface area contributed by atoms with Gasteiger partial charge in [-0.05, 0) is 42.0 Å². The summed E-state index contributed by atoms with van der Waals surface area (Å²) < 4.78 is 7.33. The number of carboxylic acids is 1. The van der Waals surface area contributed by atoms with Gasteiger partial charge in [-0.15, -0.1) is 0 Å². The highest BCUT2D eigenvalue weighted by atomic mass is 35.5. The molecular weight excluding hydrogens is 362 g/mol. The van der Waals surface area contributed by atoms with Gasteiger partial charge in [0, 0.05) is 23.8 Å². The second-order valence-electron chi connectivity index (χ2n) is 5.87. The Balaban J connectivity index is 0.00000261. The molecule has 5 heteroatoms. The Bertz CT molecular complexity index is 954. The van der Waals surface area contributed by atoms with Gasteiger partial charge in [0.25, 0.3) is 0 Å². The Hall–Kier alpha value is -3.11. The first kappa shape index (κ1) is 20.2. The standard InChI is InChI=1S/C22H19NO3.ClH/c1-26-21-10-5-6-17(15-21)11-12-20-9-2-3-13-23(20)16-18-7-4-8-19(14-18)22(24)25;/h2-15H,16H2,1H3;1H/b12-11+;. The van der Waals surface area contributed by atoms with E-state index in [0.717, 1.165) is 22.6 Å². The number of hydrogen-bond donors (Lipinski definition) is 1. The minimum Gasteiger partial charge on any atom is -1.00 e. The van der Waals surface area contributed by atoms with E-state index in [1.54, 1.807) is 25.3 Å². The van der Waals surface area contributed by atoms with E-state index in [1.807, 2.05) is 66.9 Å². The highest BCUT2D eigenvalue weighted by molar-refractivity contribution is 5.87. The van der Waals surface area contributed by atoms with Gasteiger partial charge in [0.05, 0.1) is 12.7 Å². The van der Waals surface area contributed by atoms with Gasteiger partial charge in [-0.3, -0.25) is 0 Å². The summed E-state index contributed by atoms with van der Waals surface area (Å²) in [5.41, 5.74) is 3.31. The molecule has 0 spiro atoms. The van der Waals surface area contributed by atoms with Gasteiger partial charge in [-0.1, -0.05) is 24.3 Å². The third-order valence-corrected chi connectivity index (χ3v) is 4.04. The number of nitrogens with zero attached hydrogens (tertiary/aromatic N) is 1. The van der Waals surface area contributed by atoms with E-state index in [1.165, 1.54) is 0 Å². The van der Waals surface area contributed by atoms with E-state index in [9.17, 15) is 4.79 Å². The van der Waals surface area contributed by atoms with Gasteiger partial charge < -0.3 is 22.3 Å². The van der Waals surface area contributed by atoms with Crippen LogP contribution in [0.3, 0.4) is 0 Å².